The van der Waals surface area contributed by atoms with Crippen molar-refractivity contribution in [1.29, 1.82) is 0 Å². The van der Waals surface area contributed by atoms with Gasteiger partial charge in [-0.05, 0) is 30.0 Å². The standard InChI is InChI=1S/C13H15ClN2S/c1-2-11(12-7-4-8-17-12)16-13-9(14)5-3-6-10(13)15/h3-8,11,16H,2,15H2,1H3. The monoisotopic (exact) mass is 266 g/mol. The van der Waals surface area contributed by atoms with E-state index in [2.05, 4.69) is 29.8 Å². The van der Waals surface area contributed by atoms with Crippen molar-refractivity contribution in [3.05, 3.63) is 45.6 Å². The minimum atomic E-state index is 0.261. The fraction of sp³-hybridized carbons (Fsp3) is 0.231. The number of nitrogen functional groups attached to an aromatic ring is 1. The fourth-order valence-corrected chi connectivity index (χ4v) is 2.83. The van der Waals surface area contributed by atoms with Gasteiger partial charge in [-0.2, -0.15) is 0 Å². The lowest BCUT2D eigenvalue weighted by Gasteiger charge is -2.19. The second-order valence-electron chi connectivity index (χ2n) is 3.82. The van der Waals surface area contributed by atoms with Crippen LogP contribution in [0.1, 0.15) is 24.3 Å². The van der Waals surface area contributed by atoms with Crippen LogP contribution in [-0.2, 0) is 0 Å². The summed E-state index contributed by atoms with van der Waals surface area (Å²) in [6, 6.07) is 10.0. The molecule has 17 heavy (non-hydrogen) atoms. The molecule has 2 rings (SSSR count). The molecule has 1 atom stereocenters. The van der Waals surface area contributed by atoms with Crippen molar-refractivity contribution in [1.82, 2.24) is 0 Å². The van der Waals surface area contributed by atoms with Crippen molar-refractivity contribution in [2.75, 3.05) is 11.1 Å². The van der Waals surface area contributed by atoms with Crippen molar-refractivity contribution in [3.63, 3.8) is 0 Å². The van der Waals surface area contributed by atoms with Gasteiger partial charge in [0.1, 0.15) is 0 Å². The highest BCUT2D eigenvalue weighted by atomic mass is 35.5. The fourth-order valence-electron chi connectivity index (χ4n) is 1.73. The van der Waals surface area contributed by atoms with Crippen LogP contribution in [0.3, 0.4) is 0 Å². The quantitative estimate of drug-likeness (QED) is 0.797. The van der Waals surface area contributed by atoms with Crippen LogP contribution in [0.4, 0.5) is 11.4 Å². The number of hydrogen-bond donors (Lipinski definition) is 2. The third-order valence-corrected chi connectivity index (χ3v) is 3.96. The van der Waals surface area contributed by atoms with Crippen molar-refractivity contribution in [2.45, 2.75) is 19.4 Å². The molecule has 1 aromatic carbocycles. The molecule has 0 bridgehead atoms. The van der Waals surface area contributed by atoms with E-state index in [4.69, 9.17) is 17.3 Å². The van der Waals surface area contributed by atoms with Crippen molar-refractivity contribution < 1.29 is 0 Å². The Hall–Kier alpha value is -1.19. The van der Waals surface area contributed by atoms with E-state index in [1.54, 1.807) is 11.3 Å². The molecule has 2 aromatic rings. The Kier molecular flexibility index (Phi) is 3.92. The van der Waals surface area contributed by atoms with E-state index in [1.807, 2.05) is 18.2 Å². The molecule has 0 fully saturated rings. The molecule has 4 heteroatoms. The Labute approximate surface area is 110 Å². The normalized spacial score (nSPS) is 12.4. The number of nitrogens with one attached hydrogen (secondary N) is 1. The van der Waals surface area contributed by atoms with Gasteiger partial charge < -0.3 is 11.1 Å². The zero-order valence-electron chi connectivity index (χ0n) is 9.61. The Balaban J connectivity index is 2.25. The number of rotatable bonds is 4. The molecule has 1 aromatic heterocycles. The zero-order chi connectivity index (χ0) is 12.3. The largest absolute Gasteiger partial charge is 0.397 e. The van der Waals surface area contributed by atoms with Crippen LogP contribution < -0.4 is 11.1 Å². The first-order valence-corrected chi connectivity index (χ1v) is 6.82. The predicted molar refractivity (Wildman–Crippen MR) is 76.8 cm³/mol. The zero-order valence-corrected chi connectivity index (χ0v) is 11.2. The first kappa shape index (κ1) is 12.3. The van der Waals surface area contributed by atoms with Crippen molar-refractivity contribution in [2.24, 2.45) is 0 Å². The maximum atomic E-state index is 6.15. The van der Waals surface area contributed by atoms with Crippen LogP contribution >= 0.6 is 22.9 Å². The molecule has 2 nitrogen and oxygen atoms in total. The Morgan fingerprint density at radius 3 is 2.76 bits per heavy atom. The Morgan fingerprint density at radius 1 is 1.35 bits per heavy atom. The number of hydrogen-bond acceptors (Lipinski definition) is 3. The Morgan fingerprint density at radius 2 is 2.18 bits per heavy atom. The molecule has 0 spiro atoms. The molecule has 0 saturated heterocycles. The lowest BCUT2D eigenvalue weighted by Crippen LogP contribution is -2.10. The molecular formula is C13H15ClN2S. The van der Waals surface area contributed by atoms with E-state index in [0.29, 0.717) is 10.7 Å². The molecule has 0 aliphatic carbocycles. The van der Waals surface area contributed by atoms with Crippen molar-refractivity contribution in [3.8, 4) is 0 Å². The highest BCUT2D eigenvalue weighted by Gasteiger charge is 2.13. The highest BCUT2D eigenvalue weighted by molar-refractivity contribution is 7.10. The van der Waals surface area contributed by atoms with E-state index in [1.165, 1.54) is 4.88 Å². The number of thiophene rings is 1. The summed E-state index contributed by atoms with van der Waals surface area (Å²) in [6.07, 6.45) is 0.991. The number of halogens is 1. The second kappa shape index (κ2) is 5.43. The summed E-state index contributed by atoms with van der Waals surface area (Å²) in [4.78, 5) is 1.30. The molecule has 0 saturated carbocycles. The van der Waals surface area contributed by atoms with Gasteiger partial charge in [0.05, 0.1) is 22.4 Å². The van der Waals surface area contributed by atoms with Crippen molar-refractivity contribution >= 4 is 34.3 Å². The van der Waals surface area contributed by atoms with Gasteiger partial charge >= 0.3 is 0 Å². The molecule has 0 aliphatic rings. The third kappa shape index (κ3) is 2.73. The second-order valence-corrected chi connectivity index (χ2v) is 5.21. The first-order valence-electron chi connectivity index (χ1n) is 5.56. The molecule has 90 valence electrons. The summed E-state index contributed by atoms with van der Waals surface area (Å²) in [7, 11) is 0. The SMILES string of the molecule is CCC(Nc1c(N)cccc1Cl)c1cccs1. The van der Waals surface area contributed by atoms with Gasteiger partial charge in [-0.25, -0.2) is 0 Å². The van der Waals surface area contributed by atoms with Crippen LogP contribution in [0.5, 0.6) is 0 Å². The average Bonchev–Trinajstić information content (AvgIpc) is 2.82. The van der Waals surface area contributed by atoms with Gasteiger partial charge in [0, 0.05) is 4.88 Å². The van der Waals surface area contributed by atoms with E-state index in [-0.39, 0.29) is 6.04 Å². The average molecular weight is 267 g/mol. The molecule has 0 aliphatic heterocycles. The third-order valence-electron chi connectivity index (χ3n) is 2.66. The van der Waals surface area contributed by atoms with Crippen LogP contribution in [0, 0.1) is 0 Å². The van der Waals surface area contributed by atoms with Gasteiger partial charge in [-0.3, -0.25) is 0 Å². The number of benzene rings is 1. The molecule has 3 N–H and O–H groups in total. The summed E-state index contributed by atoms with van der Waals surface area (Å²) in [5, 5.41) is 6.17. The van der Waals surface area contributed by atoms with E-state index >= 15 is 0 Å². The van der Waals surface area contributed by atoms with Gasteiger partial charge in [0.15, 0.2) is 0 Å². The maximum Gasteiger partial charge on any atom is 0.0768 e. The van der Waals surface area contributed by atoms with E-state index in [0.717, 1.165) is 12.1 Å². The van der Waals surface area contributed by atoms with Crippen LogP contribution in [0.2, 0.25) is 5.02 Å². The number of nitrogens with two attached hydrogens (primary N) is 1. The molecular weight excluding hydrogens is 252 g/mol. The highest BCUT2D eigenvalue weighted by Crippen LogP contribution is 2.33. The van der Waals surface area contributed by atoms with Gasteiger partial charge in [0.2, 0.25) is 0 Å². The maximum absolute atomic E-state index is 6.15. The topological polar surface area (TPSA) is 38.0 Å². The minimum absolute atomic E-state index is 0.261. The molecule has 0 radical (unpaired) electrons. The number of para-hydroxylation sites is 1. The molecule has 0 amide bonds. The number of anilines is 2. The summed E-state index contributed by atoms with van der Waals surface area (Å²) in [5.41, 5.74) is 7.45. The van der Waals surface area contributed by atoms with Crippen LogP contribution in [0.15, 0.2) is 35.7 Å². The summed E-state index contributed by atoms with van der Waals surface area (Å²) < 4.78 is 0. The van der Waals surface area contributed by atoms with Crippen LogP contribution in [0.25, 0.3) is 0 Å². The molecule has 1 heterocycles. The lowest BCUT2D eigenvalue weighted by atomic mass is 10.1. The van der Waals surface area contributed by atoms with Gasteiger partial charge in [0.25, 0.3) is 0 Å². The van der Waals surface area contributed by atoms with E-state index in [9.17, 15) is 0 Å². The minimum Gasteiger partial charge on any atom is -0.397 e. The first-order chi connectivity index (χ1) is 8.22. The lowest BCUT2D eigenvalue weighted by molar-refractivity contribution is 0.764. The van der Waals surface area contributed by atoms with Crippen LogP contribution in [-0.4, -0.2) is 0 Å². The molecule has 1 unspecified atom stereocenters. The Bertz CT molecular complexity index is 462. The predicted octanol–water partition coefficient (Wildman–Crippen LogP) is 4.55. The van der Waals surface area contributed by atoms with E-state index < -0.39 is 0 Å². The van der Waals surface area contributed by atoms with Gasteiger partial charge in [-0.1, -0.05) is 30.7 Å². The summed E-state index contributed by atoms with van der Waals surface area (Å²) in [6.45, 7) is 2.14. The smallest absolute Gasteiger partial charge is 0.0768 e. The summed E-state index contributed by atoms with van der Waals surface area (Å²) >= 11 is 7.89. The van der Waals surface area contributed by atoms with Gasteiger partial charge in [-0.15, -0.1) is 11.3 Å². The summed E-state index contributed by atoms with van der Waals surface area (Å²) in [5.74, 6) is 0.